The zero-order chi connectivity index (χ0) is 11.1. The van der Waals surface area contributed by atoms with Gasteiger partial charge in [-0.2, -0.15) is 0 Å². The highest BCUT2D eigenvalue weighted by Crippen LogP contribution is 2.43. The number of amides is 1. The van der Waals surface area contributed by atoms with E-state index in [1.165, 1.54) is 25.7 Å². The number of rotatable bonds is 1. The number of carbonyl (C=O) groups is 1. The first-order valence-corrected chi connectivity index (χ1v) is 6.41. The molecule has 16 heavy (non-hydrogen) atoms. The van der Waals surface area contributed by atoms with Crippen molar-refractivity contribution in [3.05, 3.63) is 12.7 Å². The van der Waals surface area contributed by atoms with Gasteiger partial charge in [0.1, 0.15) is 6.10 Å². The largest absolute Gasteiger partial charge is 0.441 e. The van der Waals surface area contributed by atoms with Crippen LogP contribution in [0.1, 0.15) is 32.1 Å². The van der Waals surface area contributed by atoms with Gasteiger partial charge in [0.15, 0.2) is 0 Å². The van der Waals surface area contributed by atoms with Crippen LogP contribution in [-0.4, -0.2) is 29.7 Å². The minimum absolute atomic E-state index is 0.0466. The van der Waals surface area contributed by atoms with Crippen LogP contribution in [0, 0.1) is 11.8 Å². The third kappa shape index (κ3) is 1.37. The number of nitrogens with zero attached hydrogens (tertiary/aromatic N) is 1. The Hall–Kier alpha value is -0.990. The van der Waals surface area contributed by atoms with E-state index in [-0.39, 0.29) is 12.2 Å². The van der Waals surface area contributed by atoms with Crippen LogP contribution >= 0.6 is 0 Å². The SMILES string of the molecule is C=C[C@H]1OC(=O)N2CCC[C@@H]3CCC[C@H]1[C@H]32. The Morgan fingerprint density at radius 1 is 1.31 bits per heavy atom. The summed E-state index contributed by atoms with van der Waals surface area (Å²) in [5, 5.41) is 0. The maximum Gasteiger partial charge on any atom is 0.410 e. The first-order valence-electron chi connectivity index (χ1n) is 6.41. The molecule has 0 unspecified atom stereocenters. The van der Waals surface area contributed by atoms with E-state index in [2.05, 4.69) is 6.58 Å². The lowest BCUT2D eigenvalue weighted by Crippen LogP contribution is -2.60. The Morgan fingerprint density at radius 3 is 2.94 bits per heavy atom. The second-order valence-electron chi connectivity index (χ2n) is 5.27. The highest BCUT2D eigenvalue weighted by molar-refractivity contribution is 5.69. The summed E-state index contributed by atoms with van der Waals surface area (Å²) >= 11 is 0. The van der Waals surface area contributed by atoms with E-state index in [0.29, 0.717) is 17.9 Å². The van der Waals surface area contributed by atoms with Gasteiger partial charge in [0.2, 0.25) is 0 Å². The molecular formula is C13H19NO2. The third-order valence-corrected chi connectivity index (χ3v) is 4.49. The predicted octanol–water partition coefficient (Wildman–Crippen LogP) is 2.57. The molecule has 3 aliphatic rings. The number of cyclic esters (lactones) is 1. The number of ether oxygens (including phenoxy) is 1. The molecule has 88 valence electrons. The fraction of sp³-hybridized carbons (Fsp3) is 0.769. The first kappa shape index (κ1) is 10.2. The van der Waals surface area contributed by atoms with E-state index in [1.54, 1.807) is 0 Å². The molecule has 3 fully saturated rings. The van der Waals surface area contributed by atoms with Crippen molar-refractivity contribution in [3.63, 3.8) is 0 Å². The Kier molecular flexibility index (Phi) is 2.41. The monoisotopic (exact) mass is 221 g/mol. The molecular weight excluding hydrogens is 202 g/mol. The van der Waals surface area contributed by atoms with Crippen molar-refractivity contribution in [3.8, 4) is 0 Å². The summed E-state index contributed by atoms with van der Waals surface area (Å²) in [5.74, 6) is 1.21. The first-order chi connectivity index (χ1) is 7.81. The summed E-state index contributed by atoms with van der Waals surface area (Å²) in [5.41, 5.74) is 0. The second kappa shape index (κ2) is 3.79. The summed E-state index contributed by atoms with van der Waals surface area (Å²) in [6.07, 6.45) is 7.83. The molecule has 0 radical (unpaired) electrons. The molecule has 1 amide bonds. The molecule has 2 aliphatic heterocycles. The van der Waals surface area contributed by atoms with E-state index < -0.39 is 0 Å². The van der Waals surface area contributed by atoms with Gasteiger partial charge in [-0.15, -0.1) is 0 Å². The van der Waals surface area contributed by atoms with Gasteiger partial charge in [-0.3, -0.25) is 0 Å². The third-order valence-electron chi connectivity index (χ3n) is 4.49. The van der Waals surface area contributed by atoms with Crippen LogP contribution in [0.2, 0.25) is 0 Å². The molecule has 1 aliphatic carbocycles. The van der Waals surface area contributed by atoms with Crippen molar-refractivity contribution in [1.82, 2.24) is 4.90 Å². The predicted molar refractivity (Wildman–Crippen MR) is 61.0 cm³/mol. The van der Waals surface area contributed by atoms with Crippen molar-refractivity contribution in [2.24, 2.45) is 11.8 Å². The maximum atomic E-state index is 11.9. The van der Waals surface area contributed by atoms with Crippen molar-refractivity contribution >= 4 is 6.09 Å². The van der Waals surface area contributed by atoms with E-state index in [0.717, 1.165) is 13.0 Å². The minimum atomic E-state index is -0.113. The number of hydrogen-bond donors (Lipinski definition) is 0. The average Bonchev–Trinajstić information content (AvgIpc) is 2.33. The standard InChI is InChI=1S/C13H19NO2/c1-2-11-10-7-3-5-9-6-4-8-14(12(9)10)13(15)16-11/h2,9-12H,1,3-8H2/t9-,10+,11+,12-/m0/s1. The fourth-order valence-electron chi connectivity index (χ4n) is 3.85. The second-order valence-corrected chi connectivity index (χ2v) is 5.27. The Labute approximate surface area is 96.4 Å². The molecule has 0 aromatic carbocycles. The van der Waals surface area contributed by atoms with E-state index in [1.807, 2.05) is 11.0 Å². The lowest BCUT2D eigenvalue weighted by molar-refractivity contribution is -0.0737. The molecule has 0 aromatic rings. The lowest BCUT2D eigenvalue weighted by Gasteiger charge is -2.52. The smallest absolute Gasteiger partial charge is 0.410 e. The minimum Gasteiger partial charge on any atom is -0.441 e. The summed E-state index contributed by atoms with van der Waals surface area (Å²) in [6, 6.07) is 0.437. The molecule has 3 nitrogen and oxygen atoms in total. The van der Waals surface area contributed by atoms with E-state index >= 15 is 0 Å². The van der Waals surface area contributed by atoms with Crippen LogP contribution in [0.4, 0.5) is 4.79 Å². The summed E-state index contributed by atoms with van der Waals surface area (Å²) < 4.78 is 5.46. The van der Waals surface area contributed by atoms with Crippen LogP contribution in [0.5, 0.6) is 0 Å². The van der Waals surface area contributed by atoms with Crippen LogP contribution in [0.15, 0.2) is 12.7 Å². The van der Waals surface area contributed by atoms with Crippen LogP contribution in [0.25, 0.3) is 0 Å². The molecule has 2 saturated heterocycles. The normalized spacial score (nSPS) is 42.2. The topological polar surface area (TPSA) is 29.5 Å². The van der Waals surface area contributed by atoms with E-state index in [4.69, 9.17) is 4.74 Å². The van der Waals surface area contributed by atoms with Crippen LogP contribution in [0.3, 0.4) is 0 Å². The van der Waals surface area contributed by atoms with Gasteiger partial charge >= 0.3 is 6.09 Å². The Morgan fingerprint density at radius 2 is 2.12 bits per heavy atom. The molecule has 0 aromatic heterocycles. The Bertz CT molecular complexity index is 313. The lowest BCUT2D eigenvalue weighted by atomic mass is 9.69. The molecule has 3 rings (SSSR count). The quantitative estimate of drug-likeness (QED) is 0.637. The molecule has 4 atom stereocenters. The summed E-state index contributed by atoms with van der Waals surface area (Å²) in [6.45, 7) is 4.70. The zero-order valence-electron chi connectivity index (χ0n) is 9.60. The molecule has 3 heteroatoms. The number of carbonyl (C=O) groups excluding carboxylic acids is 1. The Balaban J connectivity index is 1.92. The van der Waals surface area contributed by atoms with Gasteiger partial charge in [0.25, 0.3) is 0 Å². The maximum absolute atomic E-state index is 11.9. The van der Waals surface area contributed by atoms with Crippen molar-refractivity contribution in [2.75, 3.05) is 6.54 Å². The molecule has 0 bridgehead atoms. The van der Waals surface area contributed by atoms with Crippen LogP contribution < -0.4 is 0 Å². The van der Waals surface area contributed by atoms with E-state index in [9.17, 15) is 4.79 Å². The van der Waals surface area contributed by atoms with Gasteiger partial charge in [-0.05, 0) is 31.6 Å². The molecule has 0 spiro atoms. The number of piperidine rings is 1. The van der Waals surface area contributed by atoms with Crippen molar-refractivity contribution < 1.29 is 9.53 Å². The summed E-state index contributed by atoms with van der Waals surface area (Å²) in [7, 11) is 0. The van der Waals surface area contributed by atoms with Crippen molar-refractivity contribution in [1.29, 1.82) is 0 Å². The van der Waals surface area contributed by atoms with Gasteiger partial charge < -0.3 is 9.64 Å². The average molecular weight is 221 g/mol. The van der Waals surface area contributed by atoms with Gasteiger partial charge in [-0.25, -0.2) is 4.79 Å². The van der Waals surface area contributed by atoms with Gasteiger partial charge in [-0.1, -0.05) is 19.1 Å². The molecule has 2 heterocycles. The summed E-state index contributed by atoms with van der Waals surface area (Å²) in [4.78, 5) is 13.9. The van der Waals surface area contributed by atoms with Crippen molar-refractivity contribution in [2.45, 2.75) is 44.2 Å². The van der Waals surface area contributed by atoms with Gasteiger partial charge in [0.05, 0.1) is 0 Å². The van der Waals surface area contributed by atoms with Gasteiger partial charge in [0, 0.05) is 18.5 Å². The zero-order valence-corrected chi connectivity index (χ0v) is 9.60. The highest BCUT2D eigenvalue weighted by atomic mass is 16.6. The number of hydrogen-bond acceptors (Lipinski definition) is 2. The molecule has 0 N–H and O–H groups in total. The van der Waals surface area contributed by atoms with Crippen LogP contribution in [-0.2, 0) is 4.74 Å². The fourth-order valence-corrected chi connectivity index (χ4v) is 3.85. The highest BCUT2D eigenvalue weighted by Gasteiger charge is 2.48. The molecule has 1 saturated carbocycles.